The summed E-state index contributed by atoms with van der Waals surface area (Å²) in [6, 6.07) is 10.7. The second-order valence-corrected chi connectivity index (χ2v) is 8.43. The third kappa shape index (κ3) is 4.25. The molecule has 0 aromatic heterocycles. The predicted molar refractivity (Wildman–Crippen MR) is 97.3 cm³/mol. The van der Waals surface area contributed by atoms with Crippen LogP contribution in [0.15, 0.2) is 24.3 Å². The molecule has 0 radical (unpaired) electrons. The van der Waals surface area contributed by atoms with Crippen LogP contribution in [0.4, 0.5) is 10.5 Å². The van der Waals surface area contributed by atoms with Gasteiger partial charge in [0.05, 0.1) is 12.5 Å². The molecule has 1 aliphatic heterocycles. The topological polar surface area (TPSA) is 65.4 Å². The number of hydrogen-bond donors (Lipinski definition) is 1. The monoisotopic (exact) mass is 341 g/mol. The Morgan fingerprint density at radius 2 is 2.04 bits per heavy atom. The van der Waals surface area contributed by atoms with Crippen molar-refractivity contribution in [3.8, 4) is 6.07 Å². The van der Waals surface area contributed by atoms with Crippen LogP contribution < -0.4 is 5.32 Å². The number of anilines is 1. The van der Waals surface area contributed by atoms with Crippen LogP contribution in [0.25, 0.3) is 0 Å². The summed E-state index contributed by atoms with van der Waals surface area (Å²) >= 11 is 0. The van der Waals surface area contributed by atoms with Gasteiger partial charge in [0.2, 0.25) is 0 Å². The maximum Gasteiger partial charge on any atom is 0.410 e. The summed E-state index contributed by atoms with van der Waals surface area (Å²) in [5, 5.41) is 12.3. The first-order chi connectivity index (χ1) is 11.8. The largest absolute Gasteiger partial charge is 0.444 e. The molecule has 1 amide bonds. The molecule has 5 heteroatoms. The fraction of sp³-hybridized carbons (Fsp3) is 0.600. The molecule has 0 unspecified atom stereocenters. The molecule has 1 saturated heterocycles. The van der Waals surface area contributed by atoms with Gasteiger partial charge in [0.25, 0.3) is 0 Å². The SMILES string of the molecule is CC(C)(C)OC(=O)N1CCC2(CC(Nc3ccc(CC#N)cc3)C2)C1. The normalized spacial score (nSPS) is 25.4. The molecule has 134 valence electrons. The quantitative estimate of drug-likeness (QED) is 0.904. The molecule has 1 aromatic carbocycles. The lowest BCUT2D eigenvalue weighted by Crippen LogP contribution is -2.47. The minimum absolute atomic E-state index is 0.186. The zero-order chi connectivity index (χ0) is 18.1. The maximum atomic E-state index is 12.2. The Morgan fingerprint density at radius 1 is 1.36 bits per heavy atom. The molecule has 1 saturated carbocycles. The number of carbonyl (C=O) groups excluding carboxylic acids is 1. The van der Waals surface area contributed by atoms with Crippen molar-refractivity contribution in [3.63, 3.8) is 0 Å². The molecular weight excluding hydrogens is 314 g/mol. The first-order valence-electron chi connectivity index (χ1n) is 8.99. The third-order valence-electron chi connectivity index (χ3n) is 5.06. The van der Waals surface area contributed by atoms with E-state index in [-0.39, 0.29) is 11.5 Å². The van der Waals surface area contributed by atoms with Gasteiger partial charge < -0.3 is 15.0 Å². The second-order valence-electron chi connectivity index (χ2n) is 8.43. The van der Waals surface area contributed by atoms with Crippen molar-refractivity contribution in [2.24, 2.45) is 5.41 Å². The van der Waals surface area contributed by atoms with Gasteiger partial charge in [-0.25, -0.2) is 4.79 Å². The lowest BCUT2D eigenvalue weighted by Gasteiger charge is -2.45. The minimum Gasteiger partial charge on any atom is -0.444 e. The number of likely N-dealkylation sites (tertiary alicyclic amines) is 1. The Bertz CT molecular complexity index is 664. The average molecular weight is 341 g/mol. The summed E-state index contributed by atoms with van der Waals surface area (Å²) in [5.41, 5.74) is 1.97. The molecule has 0 atom stereocenters. The van der Waals surface area contributed by atoms with Gasteiger partial charge in [0.1, 0.15) is 5.60 Å². The number of benzene rings is 1. The lowest BCUT2D eigenvalue weighted by molar-refractivity contribution is 0.0237. The first-order valence-corrected chi connectivity index (χ1v) is 8.99. The number of nitrogens with one attached hydrogen (secondary N) is 1. The molecule has 5 nitrogen and oxygen atoms in total. The van der Waals surface area contributed by atoms with E-state index in [1.165, 1.54) is 0 Å². The molecular formula is C20H27N3O2. The van der Waals surface area contributed by atoms with Gasteiger partial charge >= 0.3 is 6.09 Å². The molecule has 25 heavy (non-hydrogen) atoms. The summed E-state index contributed by atoms with van der Waals surface area (Å²) in [6.07, 6.45) is 3.51. The van der Waals surface area contributed by atoms with Crippen molar-refractivity contribution in [1.82, 2.24) is 4.90 Å². The molecule has 2 aliphatic rings. The van der Waals surface area contributed by atoms with E-state index in [9.17, 15) is 4.79 Å². The van der Waals surface area contributed by atoms with E-state index in [1.807, 2.05) is 49.9 Å². The molecule has 1 aliphatic carbocycles. The van der Waals surface area contributed by atoms with Gasteiger partial charge in [0, 0.05) is 24.8 Å². The van der Waals surface area contributed by atoms with Crippen LogP contribution in [0.1, 0.15) is 45.6 Å². The lowest BCUT2D eigenvalue weighted by atomic mass is 9.65. The van der Waals surface area contributed by atoms with E-state index in [0.29, 0.717) is 12.5 Å². The van der Waals surface area contributed by atoms with Crippen molar-refractivity contribution in [2.75, 3.05) is 18.4 Å². The first kappa shape index (κ1) is 17.6. The fourth-order valence-corrected chi connectivity index (χ4v) is 3.88. The van der Waals surface area contributed by atoms with Crippen LogP contribution in [0.3, 0.4) is 0 Å². The van der Waals surface area contributed by atoms with Crippen molar-refractivity contribution >= 4 is 11.8 Å². The van der Waals surface area contributed by atoms with Crippen molar-refractivity contribution in [2.45, 2.75) is 58.1 Å². The smallest absolute Gasteiger partial charge is 0.410 e. The van der Waals surface area contributed by atoms with Crippen LogP contribution in [0, 0.1) is 16.7 Å². The molecule has 0 bridgehead atoms. The average Bonchev–Trinajstić information content (AvgIpc) is 2.93. The highest BCUT2D eigenvalue weighted by molar-refractivity contribution is 5.68. The van der Waals surface area contributed by atoms with Crippen LogP contribution in [-0.2, 0) is 11.2 Å². The van der Waals surface area contributed by atoms with Crippen molar-refractivity contribution < 1.29 is 9.53 Å². The molecule has 1 heterocycles. The molecule has 3 rings (SSSR count). The Labute approximate surface area is 150 Å². The van der Waals surface area contributed by atoms with E-state index < -0.39 is 5.60 Å². The van der Waals surface area contributed by atoms with Crippen molar-refractivity contribution in [1.29, 1.82) is 5.26 Å². The number of nitrogens with zero attached hydrogens (tertiary/aromatic N) is 2. The van der Waals surface area contributed by atoms with Gasteiger partial charge in [0.15, 0.2) is 0 Å². The Hall–Kier alpha value is -2.22. The fourth-order valence-electron chi connectivity index (χ4n) is 3.88. The van der Waals surface area contributed by atoms with Crippen LogP contribution in [0.5, 0.6) is 0 Å². The predicted octanol–water partition coefficient (Wildman–Crippen LogP) is 3.95. The van der Waals surface area contributed by atoms with E-state index >= 15 is 0 Å². The highest BCUT2D eigenvalue weighted by Crippen LogP contribution is 2.49. The van der Waals surface area contributed by atoms with Crippen LogP contribution >= 0.6 is 0 Å². The summed E-state index contributed by atoms with van der Waals surface area (Å²) in [4.78, 5) is 14.1. The van der Waals surface area contributed by atoms with Gasteiger partial charge in [-0.3, -0.25) is 0 Å². The number of amides is 1. The van der Waals surface area contributed by atoms with Gasteiger partial charge in [-0.1, -0.05) is 12.1 Å². The Balaban J connectivity index is 1.47. The number of carbonyl (C=O) groups is 1. The summed E-state index contributed by atoms with van der Waals surface area (Å²) in [7, 11) is 0. The molecule has 2 fully saturated rings. The van der Waals surface area contributed by atoms with Crippen molar-refractivity contribution in [3.05, 3.63) is 29.8 Å². The van der Waals surface area contributed by atoms with Crippen LogP contribution in [-0.4, -0.2) is 35.7 Å². The highest BCUT2D eigenvalue weighted by atomic mass is 16.6. The molecule has 1 N–H and O–H groups in total. The summed E-state index contributed by atoms with van der Waals surface area (Å²) in [5.74, 6) is 0. The van der Waals surface area contributed by atoms with Crippen LogP contribution in [0.2, 0.25) is 0 Å². The molecule has 1 aromatic rings. The number of nitriles is 1. The van der Waals surface area contributed by atoms with E-state index in [1.54, 1.807) is 0 Å². The maximum absolute atomic E-state index is 12.2. The van der Waals surface area contributed by atoms with E-state index in [2.05, 4.69) is 11.4 Å². The highest BCUT2D eigenvalue weighted by Gasteiger charge is 2.50. The van der Waals surface area contributed by atoms with Gasteiger partial charge in [-0.15, -0.1) is 0 Å². The minimum atomic E-state index is -0.436. The standard InChI is InChI=1S/C20H27N3O2/c1-19(2,3)25-18(24)23-11-9-20(14-23)12-17(13-20)22-16-6-4-15(5-7-16)8-10-21/h4-7,17,22H,8-9,11-14H2,1-3H3. The zero-order valence-electron chi connectivity index (χ0n) is 15.3. The Morgan fingerprint density at radius 3 is 2.64 bits per heavy atom. The second kappa shape index (κ2) is 6.59. The zero-order valence-corrected chi connectivity index (χ0v) is 15.3. The van der Waals surface area contributed by atoms with Gasteiger partial charge in [-0.05, 0) is 63.1 Å². The number of hydrogen-bond acceptors (Lipinski definition) is 4. The third-order valence-corrected chi connectivity index (χ3v) is 5.06. The number of rotatable bonds is 3. The molecule has 1 spiro atoms. The van der Waals surface area contributed by atoms with E-state index in [0.717, 1.165) is 43.6 Å². The Kier molecular flexibility index (Phi) is 4.64. The van der Waals surface area contributed by atoms with E-state index in [4.69, 9.17) is 10.00 Å². The van der Waals surface area contributed by atoms with Gasteiger partial charge in [-0.2, -0.15) is 5.26 Å². The summed E-state index contributed by atoms with van der Waals surface area (Å²) < 4.78 is 5.49. The number of ether oxygens (including phenoxy) is 1. The summed E-state index contributed by atoms with van der Waals surface area (Å²) in [6.45, 7) is 7.32.